The number of rotatable bonds is 10. The normalized spacial score (nSPS) is 15.3. The molecule has 180 valence electrons. The molecule has 3 N–H and O–H groups in total. The van der Waals surface area contributed by atoms with Crippen LogP contribution in [0.25, 0.3) is 0 Å². The van der Waals surface area contributed by atoms with Gasteiger partial charge in [-0.25, -0.2) is 9.79 Å². The second kappa shape index (κ2) is 14.0. The zero-order chi connectivity index (χ0) is 23.2. The lowest BCUT2D eigenvalue weighted by Crippen LogP contribution is -2.39. The summed E-state index contributed by atoms with van der Waals surface area (Å²) in [6.07, 6.45) is 2.60. The average molecular weight is 449 g/mol. The average Bonchev–Trinajstić information content (AvgIpc) is 2.75. The highest BCUT2D eigenvalue weighted by molar-refractivity contribution is 5.79. The van der Waals surface area contributed by atoms with Crippen LogP contribution in [-0.2, 0) is 27.4 Å². The van der Waals surface area contributed by atoms with E-state index in [9.17, 15) is 4.79 Å². The van der Waals surface area contributed by atoms with E-state index in [-0.39, 0.29) is 0 Å². The Bertz CT molecular complexity index is 712. The Balaban J connectivity index is 1.74. The lowest BCUT2D eigenvalue weighted by molar-refractivity contribution is -0.0390. The van der Waals surface area contributed by atoms with E-state index in [1.165, 1.54) is 0 Å². The van der Waals surface area contributed by atoms with Gasteiger partial charge in [-0.05, 0) is 58.1 Å². The zero-order valence-corrected chi connectivity index (χ0v) is 20.0. The first-order valence-corrected chi connectivity index (χ1v) is 11.6. The molecule has 0 bridgehead atoms. The fourth-order valence-corrected chi connectivity index (χ4v) is 3.19. The van der Waals surface area contributed by atoms with E-state index in [1.807, 2.05) is 27.7 Å². The van der Waals surface area contributed by atoms with Crippen molar-refractivity contribution in [1.82, 2.24) is 16.0 Å². The molecular weight excluding hydrogens is 408 g/mol. The van der Waals surface area contributed by atoms with E-state index in [4.69, 9.17) is 14.2 Å². The Kier molecular flexibility index (Phi) is 11.3. The lowest BCUT2D eigenvalue weighted by atomic mass is 10.1. The molecule has 0 atom stereocenters. The molecule has 0 aliphatic carbocycles. The number of benzene rings is 1. The molecule has 8 nitrogen and oxygen atoms in total. The molecule has 1 heterocycles. The molecule has 1 aliphatic rings. The third-order valence-corrected chi connectivity index (χ3v) is 4.72. The molecule has 0 radical (unpaired) electrons. The molecule has 2 rings (SSSR count). The molecule has 1 aromatic carbocycles. The van der Waals surface area contributed by atoms with Crippen LogP contribution in [0.4, 0.5) is 4.79 Å². The highest BCUT2D eigenvalue weighted by atomic mass is 16.6. The Morgan fingerprint density at radius 2 is 1.84 bits per heavy atom. The Labute approximate surface area is 192 Å². The van der Waals surface area contributed by atoms with Gasteiger partial charge in [0.25, 0.3) is 0 Å². The molecule has 0 aromatic heterocycles. The molecule has 1 amide bonds. The predicted molar refractivity (Wildman–Crippen MR) is 127 cm³/mol. The summed E-state index contributed by atoms with van der Waals surface area (Å²) in [5.74, 6) is 0.758. The Morgan fingerprint density at radius 3 is 2.56 bits per heavy atom. The molecule has 0 saturated carbocycles. The summed E-state index contributed by atoms with van der Waals surface area (Å²) in [5.41, 5.74) is 1.82. The number of amides is 1. The molecule has 8 heteroatoms. The van der Waals surface area contributed by atoms with Crippen molar-refractivity contribution in [3.63, 3.8) is 0 Å². The Morgan fingerprint density at radius 1 is 1.12 bits per heavy atom. The monoisotopic (exact) mass is 448 g/mol. The third kappa shape index (κ3) is 11.3. The highest BCUT2D eigenvalue weighted by Gasteiger charge is 2.15. The number of carbonyl (C=O) groups excluding carboxylic acids is 1. The first-order valence-electron chi connectivity index (χ1n) is 11.6. The lowest BCUT2D eigenvalue weighted by Gasteiger charge is -2.22. The van der Waals surface area contributed by atoms with Gasteiger partial charge in [-0.15, -0.1) is 0 Å². The quantitative estimate of drug-likeness (QED) is 0.289. The van der Waals surface area contributed by atoms with Crippen molar-refractivity contribution in [1.29, 1.82) is 0 Å². The minimum absolute atomic E-state index is 0.291. The summed E-state index contributed by atoms with van der Waals surface area (Å²) in [6.45, 7) is 12.4. The summed E-state index contributed by atoms with van der Waals surface area (Å²) in [4.78, 5) is 16.4. The number of nitrogens with one attached hydrogen (secondary N) is 3. The highest BCUT2D eigenvalue weighted by Crippen LogP contribution is 2.14. The molecule has 1 fully saturated rings. The van der Waals surface area contributed by atoms with Gasteiger partial charge < -0.3 is 30.2 Å². The van der Waals surface area contributed by atoms with Crippen LogP contribution in [0.1, 0.15) is 58.1 Å². The number of hydrogen-bond acceptors (Lipinski definition) is 5. The maximum atomic E-state index is 11.7. The second-order valence-electron chi connectivity index (χ2n) is 8.85. The first kappa shape index (κ1) is 25.9. The molecule has 1 aliphatic heterocycles. The SMILES string of the molecule is CCNC(=NCc1cccc(COC2CCOCC2)c1)NCCCNC(=O)OC(C)(C)C. The smallest absolute Gasteiger partial charge is 0.407 e. The Hall–Kier alpha value is -2.32. The van der Waals surface area contributed by atoms with Gasteiger partial charge in [0, 0.05) is 32.8 Å². The van der Waals surface area contributed by atoms with E-state index >= 15 is 0 Å². The maximum Gasteiger partial charge on any atom is 0.407 e. The molecular formula is C24H40N4O4. The van der Waals surface area contributed by atoms with E-state index in [0.29, 0.717) is 32.3 Å². The summed E-state index contributed by atoms with van der Waals surface area (Å²) in [5, 5.41) is 9.33. The van der Waals surface area contributed by atoms with Gasteiger partial charge in [-0.2, -0.15) is 0 Å². The zero-order valence-electron chi connectivity index (χ0n) is 20.0. The minimum Gasteiger partial charge on any atom is -0.444 e. The summed E-state index contributed by atoms with van der Waals surface area (Å²) in [6, 6.07) is 8.37. The van der Waals surface area contributed by atoms with Crippen molar-refractivity contribution in [2.24, 2.45) is 4.99 Å². The van der Waals surface area contributed by atoms with Gasteiger partial charge in [0.15, 0.2) is 5.96 Å². The van der Waals surface area contributed by atoms with Crippen LogP contribution < -0.4 is 16.0 Å². The van der Waals surface area contributed by atoms with Gasteiger partial charge >= 0.3 is 6.09 Å². The van der Waals surface area contributed by atoms with Gasteiger partial charge in [-0.1, -0.05) is 24.3 Å². The minimum atomic E-state index is -0.485. The van der Waals surface area contributed by atoms with Crippen LogP contribution in [0, 0.1) is 0 Å². The summed E-state index contributed by atoms with van der Waals surface area (Å²) < 4.78 is 16.6. The molecule has 32 heavy (non-hydrogen) atoms. The second-order valence-corrected chi connectivity index (χ2v) is 8.85. The number of hydrogen-bond donors (Lipinski definition) is 3. The molecule has 0 spiro atoms. The van der Waals surface area contributed by atoms with Crippen molar-refractivity contribution < 1.29 is 19.0 Å². The standard InChI is InChI=1S/C24H40N4O4/c1-5-25-22(26-12-7-13-27-23(29)32-24(2,3)4)28-17-19-8-6-9-20(16-19)18-31-21-10-14-30-15-11-21/h6,8-9,16,21H,5,7,10-15,17-18H2,1-4H3,(H,27,29)(H2,25,26,28). The van der Waals surface area contributed by atoms with Gasteiger partial charge in [0.05, 0.1) is 19.3 Å². The van der Waals surface area contributed by atoms with E-state index < -0.39 is 11.7 Å². The predicted octanol–water partition coefficient (Wildman–Crippen LogP) is 3.35. The van der Waals surface area contributed by atoms with Crippen LogP contribution in [0.2, 0.25) is 0 Å². The van der Waals surface area contributed by atoms with Gasteiger partial charge in [0.2, 0.25) is 0 Å². The van der Waals surface area contributed by atoms with E-state index in [2.05, 4.69) is 45.2 Å². The number of ether oxygens (including phenoxy) is 3. The van der Waals surface area contributed by atoms with E-state index in [1.54, 1.807) is 0 Å². The number of nitrogens with zero attached hydrogens (tertiary/aromatic N) is 1. The van der Waals surface area contributed by atoms with Crippen LogP contribution in [0.15, 0.2) is 29.3 Å². The number of guanidine groups is 1. The largest absolute Gasteiger partial charge is 0.444 e. The maximum absolute atomic E-state index is 11.7. The molecule has 1 aromatic rings. The topological polar surface area (TPSA) is 93.2 Å². The first-order chi connectivity index (χ1) is 15.4. The van der Waals surface area contributed by atoms with Gasteiger partial charge in [0.1, 0.15) is 5.60 Å². The van der Waals surface area contributed by atoms with Crippen LogP contribution >= 0.6 is 0 Å². The van der Waals surface area contributed by atoms with Crippen molar-refractivity contribution in [2.45, 2.75) is 71.8 Å². The number of alkyl carbamates (subject to hydrolysis) is 1. The molecule has 0 unspecified atom stereocenters. The summed E-state index contributed by atoms with van der Waals surface area (Å²) >= 11 is 0. The number of carbonyl (C=O) groups is 1. The van der Waals surface area contributed by atoms with E-state index in [0.717, 1.165) is 56.1 Å². The third-order valence-electron chi connectivity index (χ3n) is 4.72. The van der Waals surface area contributed by atoms with Crippen molar-refractivity contribution in [3.05, 3.63) is 35.4 Å². The van der Waals surface area contributed by atoms with Crippen LogP contribution in [-0.4, -0.2) is 56.6 Å². The fourth-order valence-electron chi connectivity index (χ4n) is 3.19. The summed E-state index contributed by atoms with van der Waals surface area (Å²) in [7, 11) is 0. The molecule has 1 saturated heterocycles. The fraction of sp³-hybridized carbons (Fsp3) is 0.667. The number of aliphatic imine (C=N–C) groups is 1. The van der Waals surface area contributed by atoms with Gasteiger partial charge in [-0.3, -0.25) is 0 Å². The van der Waals surface area contributed by atoms with Crippen molar-refractivity contribution >= 4 is 12.1 Å². The van der Waals surface area contributed by atoms with Crippen LogP contribution in [0.5, 0.6) is 0 Å². The van der Waals surface area contributed by atoms with Crippen molar-refractivity contribution in [3.8, 4) is 0 Å². The van der Waals surface area contributed by atoms with Crippen LogP contribution in [0.3, 0.4) is 0 Å². The van der Waals surface area contributed by atoms with Crippen molar-refractivity contribution in [2.75, 3.05) is 32.8 Å².